The van der Waals surface area contributed by atoms with Crippen LogP contribution in [0.1, 0.15) is 12.7 Å². The number of benzene rings is 1. The summed E-state index contributed by atoms with van der Waals surface area (Å²) in [7, 11) is 0. The molecule has 1 N–H and O–H groups in total. The molecule has 0 aliphatic rings. The second-order valence-corrected chi connectivity index (χ2v) is 4.55. The monoisotopic (exact) mass is 281 g/mol. The molecule has 0 saturated heterocycles. The number of hydrogen-bond acceptors (Lipinski definition) is 5. The fourth-order valence-corrected chi connectivity index (χ4v) is 1.84. The van der Waals surface area contributed by atoms with E-state index in [2.05, 4.69) is 10.1 Å². The maximum Gasteiger partial charge on any atom is 0.257 e. The van der Waals surface area contributed by atoms with Crippen LogP contribution in [0.25, 0.3) is 11.5 Å². The molecule has 0 atom stereocenters. The van der Waals surface area contributed by atoms with E-state index in [0.717, 1.165) is 12.1 Å². The predicted octanol–water partition coefficient (Wildman–Crippen LogP) is 2.20. The molecule has 0 unspecified atom stereocenters. The van der Waals surface area contributed by atoms with Gasteiger partial charge in [0.15, 0.2) is 5.82 Å². The molecule has 0 aliphatic heterocycles. The molecule has 19 heavy (non-hydrogen) atoms. The van der Waals surface area contributed by atoms with Gasteiger partial charge in [0.1, 0.15) is 0 Å². The van der Waals surface area contributed by atoms with Gasteiger partial charge in [-0.15, -0.1) is 0 Å². The van der Waals surface area contributed by atoms with E-state index in [1.165, 1.54) is 0 Å². The standard InChI is InChI=1S/C13H16ClN3O2/c1-2-17(7-8-18)9-12-15-13(19-16-12)10-3-5-11(14)6-4-10/h3-6,18H,2,7-9H2,1H3. The van der Waals surface area contributed by atoms with E-state index in [1.54, 1.807) is 12.1 Å². The van der Waals surface area contributed by atoms with Crippen molar-refractivity contribution >= 4 is 11.6 Å². The highest BCUT2D eigenvalue weighted by atomic mass is 35.5. The minimum atomic E-state index is 0.121. The van der Waals surface area contributed by atoms with Gasteiger partial charge >= 0.3 is 0 Å². The van der Waals surface area contributed by atoms with Gasteiger partial charge in [0.2, 0.25) is 0 Å². The van der Waals surface area contributed by atoms with Gasteiger partial charge < -0.3 is 9.63 Å². The Balaban J connectivity index is 2.08. The molecule has 0 spiro atoms. The van der Waals surface area contributed by atoms with Crippen LogP contribution in [-0.4, -0.2) is 39.8 Å². The fourth-order valence-electron chi connectivity index (χ4n) is 1.72. The summed E-state index contributed by atoms with van der Waals surface area (Å²) in [5.41, 5.74) is 0.841. The van der Waals surface area contributed by atoms with Crippen LogP contribution in [0.5, 0.6) is 0 Å². The summed E-state index contributed by atoms with van der Waals surface area (Å²) < 4.78 is 5.22. The van der Waals surface area contributed by atoms with Crippen LogP contribution in [0.3, 0.4) is 0 Å². The van der Waals surface area contributed by atoms with Gasteiger partial charge in [-0.25, -0.2) is 0 Å². The van der Waals surface area contributed by atoms with Crippen molar-refractivity contribution in [2.75, 3.05) is 19.7 Å². The van der Waals surface area contributed by atoms with Crippen molar-refractivity contribution in [2.24, 2.45) is 0 Å². The first-order chi connectivity index (χ1) is 9.22. The Morgan fingerprint density at radius 3 is 2.68 bits per heavy atom. The minimum absolute atomic E-state index is 0.121. The van der Waals surface area contributed by atoms with Crippen LogP contribution in [0.15, 0.2) is 28.8 Å². The minimum Gasteiger partial charge on any atom is -0.395 e. The molecule has 6 heteroatoms. The summed E-state index contributed by atoms with van der Waals surface area (Å²) in [6.45, 7) is 4.13. The summed E-state index contributed by atoms with van der Waals surface area (Å²) >= 11 is 5.83. The molecule has 0 radical (unpaired) electrons. The predicted molar refractivity (Wildman–Crippen MR) is 72.8 cm³/mol. The number of halogens is 1. The molecule has 0 saturated carbocycles. The number of hydrogen-bond donors (Lipinski definition) is 1. The van der Waals surface area contributed by atoms with Gasteiger partial charge in [0.25, 0.3) is 5.89 Å². The van der Waals surface area contributed by atoms with Crippen molar-refractivity contribution in [3.8, 4) is 11.5 Å². The first-order valence-electron chi connectivity index (χ1n) is 6.14. The second kappa shape index (κ2) is 6.65. The molecule has 102 valence electrons. The average molecular weight is 282 g/mol. The van der Waals surface area contributed by atoms with Crippen LogP contribution in [0, 0.1) is 0 Å². The van der Waals surface area contributed by atoms with Gasteiger partial charge in [-0.1, -0.05) is 23.7 Å². The number of aliphatic hydroxyl groups is 1. The van der Waals surface area contributed by atoms with Crippen LogP contribution in [0.4, 0.5) is 0 Å². The Hall–Kier alpha value is -1.43. The van der Waals surface area contributed by atoms with E-state index < -0.39 is 0 Å². The van der Waals surface area contributed by atoms with Crippen LogP contribution in [-0.2, 0) is 6.54 Å². The van der Waals surface area contributed by atoms with Crippen molar-refractivity contribution in [2.45, 2.75) is 13.5 Å². The van der Waals surface area contributed by atoms with E-state index in [1.807, 2.05) is 24.0 Å². The highest BCUT2D eigenvalue weighted by Crippen LogP contribution is 2.19. The third kappa shape index (κ3) is 3.76. The van der Waals surface area contributed by atoms with E-state index >= 15 is 0 Å². The summed E-state index contributed by atoms with van der Waals surface area (Å²) in [5, 5.41) is 13.5. The van der Waals surface area contributed by atoms with Crippen LogP contribution in [0.2, 0.25) is 5.02 Å². The van der Waals surface area contributed by atoms with E-state index in [-0.39, 0.29) is 6.61 Å². The highest BCUT2D eigenvalue weighted by molar-refractivity contribution is 6.30. The lowest BCUT2D eigenvalue weighted by Crippen LogP contribution is -2.26. The molecule has 1 heterocycles. The molecule has 1 aromatic carbocycles. The number of rotatable bonds is 6. The Kier molecular flexibility index (Phi) is 4.90. The molecule has 2 aromatic rings. The van der Waals surface area contributed by atoms with Crippen molar-refractivity contribution in [3.63, 3.8) is 0 Å². The summed E-state index contributed by atoms with van der Waals surface area (Å²) in [6, 6.07) is 7.24. The van der Waals surface area contributed by atoms with Gasteiger partial charge in [0, 0.05) is 17.1 Å². The quantitative estimate of drug-likeness (QED) is 0.879. The third-order valence-corrected chi connectivity index (χ3v) is 3.04. The molecule has 0 bridgehead atoms. The molecule has 0 aliphatic carbocycles. The molecule has 2 rings (SSSR count). The zero-order valence-electron chi connectivity index (χ0n) is 10.7. The van der Waals surface area contributed by atoms with Gasteiger partial charge in [-0.2, -0.15) is 4.98 Å². The Morgan fingerprint density at radius 1 is 1.32 bits per heavy atom. The third-order valence-electron chi connectivity index (χ3n) is 2.79. The Bertz CT molecular complexity index is 513. The fraction of sp³-hybridized carbons (Fsp3) is 0.385. The number of aliphatic hydroxyl groups excluding tert-OH is 1. The summed E-state index contributed by atoms with van der Waals surface area (Å²) in [6.07, 6.45) is 0. The van der Waals surface area contributed by atoms with Gasteiger partial charge in [-0.3, -0.25) is 4.90 Å². The molecule has 0 amide bonds. The lowest BCUT2D eigenvalue weighted by Gasteiger charge is -2.16. The molecule has 5 nitrogen and oxygen atoms in total. The van der Waals surface area contributed by atoms with Gasteiger partial charge in [-0.05, 0) is 30.8 Å². The average Bonchev–Trinajstić information content (AvgIpc) is 2.87. The second-order valence-electron chi connectivity index (χ2n) is 4.12. The molecule has 1 aromatic heterocycles. The van der Waals surface area contributed by atoms with E-state index in [4.69, 9.17) is 21.2 Å². The Labute approximate surface area is 116 Å². The number of nitrogens with zero attached hydrogens (tertiary/aromatic N) is 3. The van der Waals surface area contributed by atoms with Crippen molar-refractivity contribution in [3.05, 3.63) is 35.1 Å². The van der Waals surface area contributed by atoms with Gasteiger partial charge in [0.05, 0.1) is 13.2 Å². The van der Waals surface area contributed by atoms with E-state index in [0.29, 0.717) is 29.8 Å². The first kappa shape index (κ1) is 14.0. The lowest BCUT2D eigenvalue weighted by atomic mass is 10.2. The van der Waals surface area contributed by atoms with Crippen LogP contribution >= 0.6 is 11.6 Å². The zero-order chi connectivity index (χ0) is 13.7. The smallest absolute Gasteiger partial charge is 0.257 e. The topological polar surface area (TPSA) is 62.4 Å². The SMILES string of the molecule is CCN(CCO)Cc1noc(-c2ccc(Cl)cc2)n1. The Morgan fingerprint density at radius 2 is 2.05 bits per heavy atom. The largest absolute Gasteiger partial charge is 0.395 e. The number of likely N-dealkylation sites (N-methyl/N-ethyl adjacent to an activating group) is 1. The lowest BCUT2D eigenvalue weighted by molar-refractivity contribution is 0.192. The summed E-state index contributed by atoms with van der Waals surface area (Å²) in [4.78, 5) is 6.37. The van der Waals surface area contributed by atoms with E-state index in [9.17, 15) is 0 Å². The van der Waals surface area contributed by atoms with Crippen molar-refractivity contribution in [1.29, 1.82) is 0 Å². The maximum atomic E-state index is 8.94. The molecular formula is C13H16ClN3O2. The van der Waals surface area contributed by atoms with Crippen molar-refractivity contribution < 1.29 is 9.63 Å². The number of aromatic nitrogens is 2. The van der Waals surface area contributed by atoms with Crippen LogP contribution < -0.4 is 0 Å². The van der Waals surface area contributed by atoms with Crippen molar-refractivity contribution in [1.82, 2.24) is 15.0 Å². The molecule has 0 fully saturated rings. The maximum absolute atomic E-state index is 8.94. The summed E-state index contributed by atoms with van der Waals surface area (Å²) in [5.74, 6) is 1.09. The normalized spacial score (nSPS) is 11.2. The molecular weight excluding hydrogens is 266 g/mol. The zero-order valence-corrected chi connectivity index (χ0v) is 11.5. The first-order valence-corrected chi connectivity index (χ1v) is 6.52. The highest BCUT2D eigenvalue weighted by Gasteiger charge is 2.11.